The van der Waals surface area contributed by atoms with E-state index in [0.717, 1.165) is 28.4 Å². The highest BCUT2D eigenvalue weighted by Gasteiger charge is 2.22. The van der Waals surface area contributed by atoms with Crippen LogP contribution in [-0.4, -0.2) is 9.13 Å². The second kappa shape index (κ2) is 12.4. The molecule has 54 heavy (non-hydrogen) atoms. The summed E-state index contributed by atoms with van der Waals surface area (Å²) in [6, 6.07) is 72.5. The van der Waals surface area contributed by atoms with E-state index < -0.39 is 0 Å². The Labute approximate surface area is 316 Å². The van der Waals surface area contributed by atoms with Gasteiger partial charge >= 0.3 is 0 Å². The van der Waals surface area contributed by atoms with Crippen molar-refractivity contribution in [3.8, 4) is 22.5 Å². The van der Waals surface area contributed by atoms with Crippen LogP contribution in [0.2, 0.25) is 0 Å². The van der Waals surface area contributed by atoms with Gasteiger partial charge in [-0.25, -0.2) is 0 Å². The van der Waals surface area contributed by atoms with Gasteiger partial charge in [-0.05, 0) is 102 Å². The zero-order valence-corrected chi connectivity index (χ0v) is 30.1. The Bertz CT molecular complexity index is 3140. The molecule has 0 saturated carbocycles. The third-order valence-corrected chi connectivity index (χ3v) is 11.8. The number of hydrogen-bond donors (Lipinski definition) is 0. The number of para-hydroxylation sites is 4. The summed E-state index contributed by atoms with van der Waals surface area (Å²) in [6.07, 6.45) is 0. The molecule has 0 atom stereocenters. The van der Waals surface area contributed by atoms with E-state index in [1.54, 1.807) is 0 Å². The molecule has 0 N–H and O–H groups in total. The Morgan fingerprint density at radius 3 is 1.61 bits per heavy atom. The average molecular weight is 708 g/mol. The third-order valence-electron chi connectivity index (χ3n) is 10.7. The van der Waals surface area contributed by atoms with E-state index in [-0.39, 0.29) is 0 Å². The second-order valence-electron chi connectivity index (χ2n) is 13.8. The van der Waals surface area contributed by atoms with Crippen LogP contribution < -0.4 is 4.90 Å². The fourth-order valence-electron chi connectivity index (χ4n) is 8.29. The molecular formula is C50H33N3S. The molecule has 0 saturated heterocycles. The fourth-order valence-corrected chi connectivity index (χ4v) is 9.37. The second-order valence-corrected chi connectivity index (χ2v) is 14.9. The standard InChI is InChI=1S/C50H33N3S/c1-4-14-36(15-5-1)51(40-29-31-48-43(33-40)41-20-11-13-23-47(41)54-48)39-27-24-34(25-28-39)35-26-30-46-44(32-35)49-42-21-10-12-22-45(42)52(37-16-6-2-7-17-37)50(49)53(46)38-18-8-3-9-19-38/h1-33H. The predicted octanol–water partition coefficient (Wildman–Crippen LogP) is 14.2. The van der Waals surface area contributed by atoms with Gasteiger partial charge in [0.2, 0.25) is 0 Å². The van der Waals surface area contributed by atoms with E-state index in [4.69, 9.17) is 0 Å². The van der Waals surface area contributed by atoms with Crippen molar-refractivity contribution < 1.29 is 0 Å². The average Bonchev–Trinajstić information content (AvgIpc) is 3.89. The summed E-state index contributed by atoms with van der Waals surface area (Å²) in [6.45, 7) is 0. The van der Waals surface area contributed by atoms with Gasteiger partial charge in [-0.3, -0.25) is 9.13 Å². The summed E-state index contributed by atoms with van der Waals surface area (Å²) in [5.74, 6) is 0. The first-order valence-electron chi connectivity index (χ1n) is 18.4. The molecule has 0 aliphatic heterocycles. The van der Waals surface area contributed by atoms with Crippen molar-refractivity contribution in [2.75, 3.05) is 4.90 Å². The maximum Gasteiger partial charge on any atom is 0.131 e. The van der Waals surface area contributed by atoms with Crippen LogP contribution in [-0.2, 0) is 0 Å². The quantitative estimate of drug-likeness (QED) is 0.168. The highest BCUT2D eigenvalue weighted by molar-refractivity contribution is 7.25. The van der Waals surface area contributed by atoms with Crippen molar-refractivity contribution in [1.82, 2.24) is 9.13 Å². The molecule has 0 fully saturated rings. The Kier molecular flexibility index (Phi) is 7.04. The molecule has 3 aromatic heterocycles. The van der Waals surface area contributed by atoms with Crippen LogP contribution >= 0.6 is 11.3 Å². The first-order chi connectivity index (χ1) is 26.8. The maximum atomic E-state index is 2.43. The number of rotatable bonds is 6. The van der Waals surface area contributed by atoms with Gasteiger partial charge in [0, 0.05) is 64.8 Å². The molecule has 0 bridgehead atoms. The van der Waals surface area contributed by atoms with E-state index >= 15 is 0 Å². The molecular weight excluding hydrogens is 675 g/mol. The van der Waals surface area contributed by atoms with Crippen LogP contribution in [0.15, 0.2) is 200 Å². The summed E-state index contributed by atoms with van der Waals surface area (Å²) in [7, 11) is 0. The molecule has 3 heterocycles. The highest BCUT2D eigenvalue weighted by Crippen LogP contribution is 2.44. The lowest BCUT2D eigenvalue weighted by molar-refractivity contribution is 1.07. The Balaban J connectivity index is 1.08. The predicted molar refractivity (Wildman–Crippen MR) is 231 cm³/mol. The third kappa shape index (κ3) is 4.81. The molecule has 0 unspecified atom stereocenters. The highest BCUT2D eigenvalue weighted by atomic mass is 32.1. The number of nitrogens with zero attached hydrogens (tertiary/aromatic N) is 3. The van der Waals surface area contributed by atoms with Crippen molar-refractivity contribution in [2.45, 2.75) is 0 Å². The van der Waals surface area contributed by atoms with Gasteiger partial charge in [-0.1, -0.05) is 109 Å². The summed E-state index contributed by atoms with van der Waals surface area (Å²) in [4.78, 5) is 2.36. The fraction of sp³-hybridized carbons (Fsp3) is 0. The molecule has 0 amide bonds. The monoisotopic (exact) mass is 707 g/mol. The number of anilines is 3. The van der Waals surface area contributed by atoms with Gasteiger partial charge in [-0.15, -0.1) is 11.3 Å². The molecule has 0 aliphatic rings. The number of benzene rings is 8. The molecule has 0 radical (unpaired) electrons. The van der Waals surface area contributed by atoms with Gasteiger partial charge in [0.25, 0.3) is 0 Å². The van der Waals surface area contributed by atoms with Crippen LogP contribution in [0.3, 0.4) is 0 Å². The topological polar surface area (TPSA) is 13.1 Å². The van der Waals surface area contributed by atoms with E-state index in [1.165, 1.54) is 64.1 Å². The molecule has 11 aromatic rings. The molecule has 4 heteroatoms. The summed E-state index contributed by atoms with van der Waals surface area (Å²) < 4.78 is 7.47. The molecule has 254 valence electrons. The smallest absolute Gasteiger partial charge is 0.131 e. The van der Waals surface area contributed by atoms with Gasteiger partial charge in [0.15, 0.2) is 0 Å². The molecule has 0 spiro atoms. The van der Waals surface area contributed by atoms with Crippen LogP contribution in [0.4, 0.5) is 17.1 Å². The van der Waals surface area contributed by atoms with Crippen molar-refractivity contribution >= 4 is 81.4 Å². The summed E-state index contributed by atoms with van der Waals surface area (Å²) in [5, 5.41) is 6.35. The van der Waals surface area contributed by atoms with Crippen LogP contribution in [0.1, 0.15) is 0 Å². The number of thiophene rings is 1. The van der Waals surface area contributed by atoms with Crippen LogP contribution in [0.5, 0.6) is 0 Å². The van der Waals surface area contributed by atoms with E-state index in [2.05, 4.69) is 214 Å². The Hall–Kier alpha value is -6.88. The lowest BCUT2D eigenvalue weighted by atomic mass is 10.0. The van der Waals surface area contributed by atoms with E-state index in [1.807, 2.05) is 11.3 Å². The van der Waals surface area contributed by atoms with Crippen molar-refractivity contribution in [2.24, 2.45) is 0 Å². The molecule has 11 rings (SSSR count). The van der Waals surface area contributed by atoms with Crippen LogP contribution in [0.25, 0.3) is 75.5 Å². The van der Waals surface area contributed by atoms with Gasteiger partial charge in [-0.2, -0.15) is 0 Å². The minimum absolute atomic E-state index is 1.12. The number of aromatic nitrogens is 2. The zero-order chi connectivity index (χ0) is 35.6. The maximum absolute atomic E-state index is 2.43. The van der Waals surface area contributed by atoms with Gasteiger partial charge in [0.05, 0.1) is 11.0 Å². The minimum Gasteiger partial charge on any atom is -0.310 e. The van der Waals surface area contributed by atoms with E-state index in [9.17, 15) is 0 Å². The van der Waals surface area contributed by atoms with Crippen molar-refractivity contribution in [3.05, 3.63) is 200 Å². The summed E-state index contributed by atoms with van der Waals surface area (Å²) in [5.41, 5.74) is 11.6. The van der Waals surface area contributed by atoms with Gasteiger partial charge in [0.1, 0.15) is 5.65 Å². The first-order valence-corrected chi connectivity index (χ1v) is 19.2. The largest absolute Gasteiger partial charge is 0.310 e. The summed E-state index contributed by atoms with van der Waals surface area (Å²) >= 11 is 1.85. The van der Waals surface area contributed by atoms with Crippen molar-refractivity contribution in [3.63, 3.8) is 0 Å². The number of hydrogen-bond acceptors (Lipinski definition) is 2. The van der Waals surface area contributed by atoms with Crippen LogP contribution in [0, 0.1) is 0 Å². The molecule has 8 aromatic carbocycles. The molecule has 0 aliphatic carbocycles. The SMILES string of the molecule is c1ccc(N(c2ccc(-c3ccc4c(c3)c3c5ccccc5n(-c5ccccc5)c3n4-c3ccccc3)cc2)c2ccc3sc4ccccc4c3c2)cc1. The van der Waals surface area contributed by atoms with E-state index in [0.29, 0.717) is 0 Å². The number of fused-ring (bicyclic) bond motifs is 8. The minimum atomic E-state index is 1.12. The lowest BCUT2D eigenvalue weighted by Crippen LogP contribution is -2.09. The Morgan fingerprint density at radius 1 is 0.352 bits per heavy atom. The normalized spacial score (nSPS) is 11.7. The zero-order valence-electron chi connectivity index (χ0n) is 29.3. The molecule has 3 nitrogen and oxygen atoms in total. The first kappa shape index (κ1) is 30.7. The van der Waals surface area contributed by atoms with Crippen molar-refractivity contribution in [1.29, 1.82) is 0 Å². The lowest BCUT2D eigenvalue weighted by Gasteiger charge is -2.26. The Morgan fingerprint density at radius 2 is 0.889 bits per heavy atom. The van der Waals surface area contributed by atoms with Gasteiger partial charge < -0.3 is 4.90 Å².